The highest BCUT2D eigenvalue weighted by molar-refractivity contribution is 6.55. The zero-order chi connectivity index (χ0) is 21.8. The van der Waals surface area contributed by atoms with Crippen LogP contribution in [0.15, 0.2) is 16.6 Å². The molecular weight excluding hydrogens is 426 g/mol. The maximum atomic E-state index is 14.3. The monoisotopic (exact) mass is 451 g/mol. The molecule has 1 aliphatic carbocycles. The van der Waals surface area contributed by atoms with Crippen molar-refractivity contribution in [3.8, 4) is 0 Å². The first-order valence-electron chi connectivity index (χ1n) is 9.70. The zero-order valence-corrected chi connectivity index (χ0v) is 18.3. The van der Waals surface area contributed by atoms with Crippen molar-refractivity contribution >= 4 is 34.9 Å². The Morgan fingerprint density at radius 1 is 1.21 bits per heavy atom. The van der Waals surface area contributed by atoms with E-state index in [1.807, 2.05) is 13.8 Å². The standard InChI is InChI=1S/C21H26Cl2F3NO2/c1-4-5-6-7-8-27-19-12(18(26)14(24)10-15(19)25)11-29-20(28)17-13(9-16(22)23)21(17,2)3/h9-10,13,17,27H,4-8,11H2,1-3H3/t13-,17+/m1/s1. The van der Waals surface area contributed by atoms with E-state index in [9.17, 15) is 18.0 Å². The molecule has 0 saturated heterocycles. The van der Waals surface area contributed by atoms with Gasteiger partial charge >= 0.3 is 5.97 Å². The Bertz CT molecular complexity index is 780. The van der Waals surface area contributed by atoms with Crippen molar-refractivity contribution in [3.05, 3.63) is 39.6 Å². The molecule has 162 valence electrons. The molecular formula is C21H26Cl2F3NO2. The number of halogens is 5. The van der Waals surface area contributed by atoms with Gasteiger partial charge in [-0.25, -0.2) is 13.2 Å². The quantitative estimate of drug-likeness (QED) is 0.243. The van der Waals surface area contributed by atoms with Crippen LogP contribution in [0.5, 0.6) is 0 Å². The summed E-state index contributed by atoms with van der Waals surface area (Å²) in [6.45, 7) is 5.59. The summed E-state index contributed by atoms with van der Waals surface area (Å²) >= 11 is 11.3. The third-order valence-corrected chi connectivity index (χ3v) is 5.68. The molecule has 0 heterocycles. The summed E-state index contributed by atoms with van der Waals surface area (Å²) in [7, 11) is 0. The van der Waals surface area contributed by atoms with E-state index in [-0.39, 0.29) is 21.7 Å². The van der Waals surface area contributed by atoms with Gasteiger partial charge in [0, 0.05) is 12.6 Å². The van der Waals surface area contributed by atoms with Gasteiger partial charge in [-0.1, -0.05) is 63.2 Å². The van der Waals surface area contributed by atoms with Crippen LogP contribution in [0.1, 0.15) is 52.0 Å². The maximum absolute atomic E-state index is 14.3. The van der Waals surface area contributed by atoms with Crippen LogP contribution in [0.25, 0.3) is 0 Å². The number of hydrogen-bond donors (Lipinski definition) is 1. The normalized spacial score (nSPS) is 19.6. The number of benzene rings is 1. The van der Waals surface area contributed by atoms with Gasteiger partial charge in [-0.3, -0.25) is 4.79 Å². The lowest BCUT2D eigenvalue weighted by Crippen LogP contribution is -2.15. The topological polar surface area (TPSA) is 38.3 Å². The molecule has 0 spiro atoms. The van der Waals surface area contributed by atoms with E-state index in [0.29, 0.717) is 12.6 Å². The van der Waals surface area contributed by atoms with Crippen molar-refractivity contribution in [1.82, 2.24) is 0 Å². The molecule has 0 bridgehead atoms. The second kappa shape index (κ2) is 10.1. The second-order valence-corrected chi connectivity index (χ2v) is 8.89. The van der Waals surface area contributed by atoms with Crippen LogP contribution in [0, 0.1) is 34.7 Å². The number of allylic oxidation sites excluding steroid dienone is 1. The molecule has 29 heavy (non-hydrogen) atoms. The molecule has 0 radical (unpaired) electrons. The molecule has 1 aromatic rings. The van der Waals surface area contributed by atoms with Crippen LogP contribution < -0.4 is 5.32 Å². The average Bonchev–Trinajstić information content (AvgIpc) is 3.17. The van der Waals surface area contributed by atoms with Crippen LogP contribution in [0.3, 0.4) is 0 Å². The van der Waals surface area contributed by atoms with E-state index < -0.39 is 41.4 Å². The van der Waals surface area contributed by atoms with E-state index in [0.717, 1.165) is 25.7 Å². The lowest BCUT2D eigenvalue weighted by atomic mass is 10.1. The highest BCUT2D eigenvalue weighted by Gasteiger charge is 2.61. The lowest BCUT2D eigenvalue weighted by Gasteiger charge is -2.15. The SMILES string of the molecule is CCCCCCNc1c(F)cc(F)c(F)c1COC(=O)[C@@H]1[C@@H](C=C(Cl)Cl)C1(C)C. The van der Waals surface area contributed by atoms with Gasteiger partial charge < -0.3 is 10.1 Å². The van der Waals surface area contributed by atoms with Crippen molar-refractivity contribution < 1.29 is 22.7 Å². The van der Waals surface area contributed by atoms with Gasteiger partial charge in [0.15, 0.2) is 11.6 Å². The van der Waals surface area contributed by atoms with Gasteiger partial charge in [0.05, 0.1) is 17.2 Å². The minimum Gasteiger partial charge on any atom is -0.460 e. The fourth-order valence-corrected chi connectivity index (χ4v) is 3.82. The minimum atomic E-state index is -1.33. The van der Waals surface area contributed by atoms with Crippen molar-refractivity contribution in [3.63, 3.8) is 0 Å². The number of hydrogen-bond acceptors (Lipinski definition) is 3. The number of esters is 1. The molecule has 3 nitrogen and oxygen atoms in total. The number of carbonyl (C=O) groups excluding carboxylic acids is 1. The van der Waals surface area contributed by atoms with Gasteiger partial charge in [0.2, 0.25) is 0 Å². The van der Waals surface area contributed by atoms with Crippen LogP contribution in [0.2, 0.25) is 0 Å². The van der Waals surface area contributed by atoms with E-state index >= 15 is 0 Å². The van der Waals surface area contributed by atoms with Crippen molar-refractivity contribution in [1.29, 1.82) is 0 Å². The summed E-state index contributed by atoms with van der Waals surface area (Å²) in [6, 6.07) is 0.488. The summed E-state index contributed by atoms with van der Waals surface area (Å²) in [5, 5.41) is 2.81. The Morgan fingerprint density at radius 2 is 1.90 bits per heavy atom. The highest BCUT2D eigenvalue weighted by atomic mass is 35.5. The van der Waals surface area contributed by atoms with Crippen LogP contribution in [-0.4, -0.2) is 12.5 Å². The number of ether oxygens (including phenoxy) is 1. The molecule has 2 rings (SSSR count). The van der Waals surface area contributed by atoms with Gasteiger partial charge in [-0.05, 0) is 23.8 Å². The first-order chi connectivity index (χ1) is 13.6. The zero-order valence-electron chi connectivity index (χ0n) is 16.8. The first-order valence-corrected chi connectivity index (χ1v) is 10.5. The van der Waals surface area contributed by atoms with Gasteiger partial charge in [-0.2, -0.15) is 0 Å². The van der Waals surface area contributed by atoms with Crippen molar-refractivity contribution in [2.45, 2.75) is 53.1 Å². The summed E-state index contributed by atoms with van der Waals surface area (Å²) in [5.41, 5.74) is -0.936. The minimum absolute atomic E-state index is 0.0474. The number of rotatable bonds is 10. The summed E-state index contributed by atoms with van der Waals surface area (Å²) < 4.78 is 47.5. The number of carbonyl (C=O) groups is 1. The number of nitrogens with one attached hydrogen (secondary N) is 1. The fourth-order valence-electron chi connectivity index (χ4n) is 3.54. The van der Waals surface area contributed by atoms with Crippen molar-refractivity contribution in [2.75, 3.05) is 11.9 Å². The van der Waals surface area contributed by atoms with Crippen LogP contribution in [-0.2, 0) is 16.1 Å². The molecule has 0 aromatic heterocycles. The predicted molar refractivity (Wildman–Crippen MR) is 109 cm³/mol. The molecule has 0 amide bonds. The third-order valence-electron chi connectivity index (χ3n) is 5.43. The molecule has 1 aromatic carbocycles. The molecule has 1 saturated carbocycles. The number of anilines is 1. The van der Waals surface area contributed by atoms with E-state index in [1.165, 1.54) is 0 Å². The van der Waals surface area contributed by atoms with Crippen LogP contribution in [0.4, 0.5) is 18.9 Å². The smallest absolute Gasteiger partial charge is 0.310 e. The predicted octanol–water partition coefficient (Wildman–Crippen LogP) is 6.73. The van der Waals surface area contributed by atoms with E-state index in [4.69, 9.17) is 27.9 Å². The average molecular weight is 452 g/mol. The highest BCUT2D eigenvalue weighted by Crippen LogP contribution is 2.60. The summed E-state index contributed by atoms with van der Waals surface area (Å²) in [6.07, 6.45) is 5.33. The lowest BCUT2D eigenvalue weighted by molar-refractivity contribution is -0.147. The summed E-state index contributed by atoms with van der Waals surface area (Å²) in [5.74, 6) is -4.81. The van der Waals surface area contributed by atoms with E-state index in [2.05, 4.69) is 12.2 Å². The Labute approximate surface area is 179 Å². The summed E-state index contributed by atoms with van der Waals surface area (Å²) in [4.78, 5) is 12.4. The Morgan fingerprint density at radius 3 is 2.52 bits per heavy atom. The second-order valence-electron chi connectivity index (χ2n) is 7.88. The third kappa shape index (κ3) is 5.82. The number of unbranched alkanes of at least 4 members (excludes halogenated alkanes) is 3. The molecule has 2 atom stereocenters. The molecule has 1 fully saturated rings. The molecule has 8 heteroatoms. The Kier molecular flexibility index (Phi) is 8.29. The Balaban J connectivity index is 2.09. The first kappa shape index (κ1) is 23.9. The molecule has 0 aliphatic heterocycles. The molecule has 0 unspecified atom stereocenters. The van der Waals surface area contributed by atoms with Crippen LogP contribution >= 0.6 is 23.2 Å². The van der Waals surface area contributed by atoms with E-state index in [1.54, 1.807) is 6.08 Å². The molecule has 1 aliphatic rings. The fraction of sp³-hybridized carbons (Fsp3) is 0.571. The van der Waals surface area contributed by atoms with Crippen molar-refractivity contribution in [2.24, 2.45) is 17.3 Å². The largest absolute Gasteiger partial charge is 0.460 e. The maximum Gasteiger partial charge on any atom is 0.310 e. The van der Waals surface area contributed by atoms with Gasteiger partial charge in [0.25, 0.3) is 0 Å². The van der Waals surface area contributed by atoms with Gasteiger partial charge in [-0.15, -0.1) is 0 Å². The Hall–Kier alpha value is -1.40. The van der Waals surface area contributed by atoms with Gasteiger partial charge in [0.1, 0.15) is 16.9 Å². The molecule has 1 N–H and O–H groups in total.